The van der Waals surface area contributed by atoms with E-state index in [-0.39, 0.29) is 96.9 Å². The summed E-state index contributed by atoms with van der Waals surface area (Å²) in [6.45, 7) is 8.11. The zero-order chi connectivity index (χ0) is 23.4. The van der Waals surface area contributed by atoms with Crippen molar-refractivity contribution in [3.05, 3.63) is 0 Å². The van der Waals surface area contributed by atoms with Crippen LogP contribution in [0, 0.1) is 0 Å². The molecule has 0 saturated carbocycles. The predicted molar refractivity (Wildman–Crippen MR) is 92.8 cm³/mol. The Hall–Kier alpha value is 0.490. The van der Waals surface area contributed by atoms with Gasteiger partial charge in [0.15, 0.2) is 0 Å². The van der Waals surface area contributed by atoms with E-state index >= 15 is 0 Å². The van der Waals surface area contributed by atoms with Crippen molar-refractivity contribution in [3.63, 3.8) is 0 Å². The van der Waals surface area contributed by atoms with Crippen LogP contribution < -0.4 is 96.3 Å². The van der Waals surface area contributed by atoms with Gasteiger partial charge in [-0.2, -0.15) is 0 Å². The molecule has 0 rings (SSSR count). The van der Waals surface area contributed by atoms with Gasteiger partial charge in [0.05, 0.1) is 0 Å². The molecule has 0 radical (unpaired) electrons. The number of carboxylic acid groups (broad SMARTS) is 5. The average molecular weight is 485 g/mol. The summed E-state index contributed by atoms with van der Waals surface area (Å²) in [4.78, 5) is 44.6. The Morgan fingerprint density at radius 1 is 0.667 bits per heavy atom. The fourth-order valence-electron chi connectivity index (χ4n) is 0.329. The molecule has 0 aromatic rings. The first-order chi connectivity index (χ1) is 12.1. The number of carboxylic acids is 5. The van der Waals surface area contributed by atoms with Crippen LogP contribution in [0.15, 0.2) is 0 Å². The van der Waals surface area contributed by atoms with E-state index < -0.39 is 29.8 Å². The predicted octanol–water partition coefficient (Wildman–Crippen LogP) is -12.8. The van der Waals surface area contributed by atoms with Crippen molar-refractivity contribution in [2.24, 2.45) is 11.5 Å². The summed E-state index contributed by atoms with van der Waals surface area (Å²) in [7, 11) is 0. The zero-order valence-corrected chi connectivity index (χ0v) is 25.0. The van der Waals surface area contributed by atoms with Gasteiger partial charge in [-0.05, 0) is 27.7 Å². The number of nitrogens with two attached hydrogens (primary N) is 2. The fourth-order valence-corrected chi connectivity index (χ4v) is 0.329. The molecule has 0 unspecified atom stereocenters. The van der Waals surface area contributed by atoms with Crippen molar-refractivity contribution < 1.29 is 109 Å². The molecule has 0 aliphatic rings. The molecule has 164 valence electrons. The third-order valence-electron chi connectivity index (χ3n) is 0.642. The SMILES string of the molecule is CC(=O)O.CC(=O)[O-].CC(=O)[O-].CC(=O)[O-].CC(=O)[O-].NCCNCCN.[Ca+2].[Na+].[Na+]. The van der Waals surface area contributed by atoms with Crippen LogP contribution in [-0.4, -0.2) is 98.9 Å². The number of aliphatic carboxylic acids is 5. The van der Waals surface area contributed by atoms with Crippen LogP contribution in [0.25, 0.3) is 0 Å². The molecule has 0 saturated heterocycles. The maximum absolute atomic E-state index is 9.00. The van der Waals surface area contributed by atoms with Gasteiger partial charge in [-0.25, -0.2) is 0 Å². The van der Waals surface area contributed by atoms with Crippen LogP contribution in [0.3, 0.4) is 0 Å². The van der Waals surface area contributed by atoms with E-state index in [2.05, 4.69) is 5.32 Å². The second-order valence-electron chi connectivity index (χ2n) is 3.81. The van der Waals surface area contributed by atoms with Gasteiger partial charge in [0.25, 0.3) is 5.97 Å². The van der Waals surface area contributed by atoms with Gasteiger partial charge in [-0.15, -0.1) is 0 Å². The van der Waals surface area contributed by atoms with Crippen LogP contribution in [0.4, 0.5) is 0 Å². The van der Waals surface area contributed by atoms with Gasteiger partial charge in [0.2, 0.25) is 0 Å². The number of hydrogen-bond acceptors (Lipinski definition) is 12. The Morgan fingerprint density at radius 2 is 0.767 bits per heavy atom. The van der Waals surface area contributed by atoms with Crippen LogP contribution in [0.2, 0.25) is 0 Å². The number of hydrogen-bond donors (Lipinski definition) is 4. The molecule has 0 heterocycles. The summed E-state index contributed by atoms with van der Waals surface area (Å²) >= 11 is 0. The molecule has 0 aliphatic carbocycles. The van der Waals surface area contributed by atoms with Crippen molar-refractivity contribution in [3.8, 4) is 0 Å². The Kier molecular flexibility index (Phi) is 109. The van der Waals surface area contributed by atoms with Crippen molar-refractivity contribution in [2.45, 2.75) is 34.6 Å². The second-order valence-corrected chi connectivity index (χ2v) is 3.81. The molecule has 0 spiro atoms. The van der Waals surface area contributed by atoms with Crippen molar-refractivity contribution in [1.82, 2.24) is 5.32 Å². The molecule has 0 aromatic carbocycles. The van der Waals surface area contributed by atoms with Crippen molar-refractivity contribution in [2.75, 3.05) is 26.2 Å². The Balaban J connectivity index is -0.0000000251. The van der Waals surface area contributed by atoms with Gasteiger partial charge in [-0.1, -0.05) is 0 Å². The molecular weight excluding hydrogens is 456 g/mol. The summed E-state index contributed by atoms with van der Waals surface area (Å²) in [6, 6.07) is 0. The van der Waals surface area contributed by atoms with Crippen molar-refractivity contribution >= 4 is 67.6 Å². The number of carbonyl (C=O) groups is 5. The molecule has 0 bridgehead atoms. The molecular formula is C14H29CaN3Na2O10. The third kappa shape index (κ3) is 1070. The van der Waals surface area contributed by atoms with Gasteiger partial charge >= 0.3 is 96.9 Å². The average Bonchev–Trinajstić information content (AvgIpc) is 2.35. The molecule has 0 fully saturated rings. The van der Waals surface area contributed by atoms with E-state index in [4.69, 9.17) is 61.0 Å². The maximum atomic E-state index is 9.00. The van der Waals surface area contributed by atoms with E-state index in [0.29, 0.717) is 13.1 Å². The largest absolute Gasteiger partial charge is 2.00 e. The van der Waals surface area contributed by atoms with Gasteiger partial charge in [0, 0.05) is 57.0 Å². The molecule has 0 amide bonds. The zero-order valence-electron chi connectivity index (χ0n) is 18.8. The molecule has 13 nitrogen and oxygen atoms in total. The monoisotopic (exact) mass is 485 g/mol. The normalized spacial score (nSPS) is 6.37. The maximum Gasteiger partial charge on any atom is 2.00 e. The van der Waals surface area contributed by atoms with Crippen LogP contribution in [0.5, 0.6) is 0 Å². The van der Waals surface area contributed by atoms with E-state index in [9.17, 15) is 0 Å². The Labute approximate surface area is 250 Å². The first-order valence-electron chi connectivity index (χ1n) is 7.08. The summed E-state index contributed by atoms with van der Waals surface area (Å²) in [5.41, 5.74) is 10.3. The standard InChI is InChI=1S/C4H13N3.5C2H4O2.Ca.2Na/c5-1-3-7-4-2-6;5*1-2(3)4;;;/h7H,1-6H2;5*1H3,(H,3,4);;;/q;;;;;;+2;2*+1/p-4. The topological polar surface area (TPSA) is 262 Å². The van der Waals surface area contributed by atoms with Crippen LogP contribution in [0.1, 0.15) is 34.6 Å². The fraction of sp³-hybridized carbons (Fsp3) is 0.643. The van der Waals surface area contributed by atoms with E-state index in [1.54, 1.807) is 0 Å². The smallest absolute Gasteiger partial charge is 0.550 e. The molecule has 0 atom stereocenters. The molecule has 30 heavy (non-hydrogen) atoms. The van der Waals surface area contributed by atoms with Crippen LogP contribution in [-0.2, 0) is 24.0 Å². The third-order valence-corrected chi connectivity index (χ3v) is 0.642. The van der Waals surface area contributed by atoms with Gasteiger partial charge < -0.3 is 61.5 Å². The summed E-state index contributed by atoms with van der Waals surface area (Å²) < 4.78 is 0. The first kappa shape index (κ1) is 57.4. The number of nitrogens with one attached hydrogen (secondary N) is 1. The van der Waals surface area contributed by atoms with E-state index in [1.807, 2.05) is 0 Å². The number of rotatable bonds is 4. The summed E-state index contributed by atoms with van der Waals surface area (Å²) in [6.07, 6.45) is 0. The molecule has 0 aliphatic heterocycles. The van der Waals surface area contributed by atoms with Gasteiger partial charge in [0.1, 0.15) is 0 Å². The molecule has 16 heteroatoms. The number of carbonyl (C=O) groups excluding carboxylic acids is 4. The molecule has 6 N–H and O–H groups in total. The second kappa shape index (κ2) is 57.0. The summed E-state index contributed by atoms with van der Waals surface area (Å²) in [5.74, 6) is -5.17. The quantitative estimate of drug-likeness (QED) is 0.213. The minimum Gasteiger partial charge on any atom is -0.550 e. The first-order valence-corrected chi connectivity index (χ1v) is 7.08. The Bertz CT molecular complexity index is 299. The summed E-state index contributed by atoms with van der Waals surface area (Å²) in [5, 5.41) is 46.0. The molecule has 0 aromatic heterocycles. The van der Waals surface area contributed by atoms with Gasteiger partial charge in [-0.3, -0.25) is 4.79 Å². The van der Waals surface area contributed by atoms with E-state index in [1.165, 1.54) is 0 Å². The minimum absolute atomic E-state index is 0. The van der Waals surface area contributed by atoms with Crippen molar-refractivity contribution in [1.29, 1.82) is 0 Å². The minimum atomic E-state index is -1.08. The van der Waals surface area contributed by atoms with E-state index in [0.717, 1.165) is 47.7 Å². The Morgan fingerprint density at radius 3 is 0.833 bits per heavy atom. The van der Waals surface area contributed by atoms with Crippen LogP contribution >= 0.6 is 0 Å².